The number of nitrogens with zero attached hydrogens (tertiary/aromatic N) is 2. The second kappa shape index (κ2) is 6.28. The average Bonchev–Trinajstić information content (AvgIpc) is 2.65. The van der Waals surface area contributed by atoms with Gasteiger partial charge in [0.05, 0.1) is 16.0 Å². The number of nitro groups is 1. The maximum absolute atomic E-state index is 12.5. The highest BCUT2D eigenvalue weighted by Crippen LogP contribution is 2.31. The van der Waals surface area contributed by atoms with Crippen molar-refractivity contribution < 1.29 is 14.5 Å². The highest BCUT2D eigenvalue weighted by molar-refractivity contribution is 6.34. The number of carbonyl (C=O) groups is 1. The number of nitrogens with two attached hydrogens (primary N) is 1. The molecule has 8 heteroatoms. The molecule has 1 heterocycles. The Morgan fingerprint density at radius 3 is 2.95 bits per heavy atom. The summed E-state index contributed by atoms with van der Waals surface area (Å²) < 4.78 is 5.48. The second-order valence-electron chi connectivity index (χ2n) is 4.93. The van der Waals surface area contributed by atoms with E-state index in [1.165, 1.54) is 12.1 Å². The summed E-state index contributed by atoms with van der Waals surface area (Å²) >= 11 is 5.88. The summed E-state index contributed by atoms with van der Waals surface area (Å²) in [5, 5.41) is 11.0. The quantitative estimate of drug-likeness (QED) is 0.512. The summed E-state index contributed by atoms with van der Waals surface area (Å²) in [5.74, 6) is -0.308. The van der Waals surface area contributed by atoms with Gasteiger partial charge in [-0.1, -0.05) is 11.6 Å². The molecule has 7 nitrogen and oxygen atoms in total. The number of carbonyl (C=O) groups excluding carboxylic acids is 1. The fraction of sp³-hybridized carbons (Fsp3) is 0.462. The highest BCUT2D eigenvalue weighted by atomic mass is 35.5. The number of rotatable bonds is 2. The van der Waals surface area contributed by atoms with E-state index in [2.05, 4.69) is 0 Å². The molecule has 1 saturated heterocycles. The van der Waals surface area contributed by atoms with E-state index in [-0.39, 0.29) is 34.0 Å². The summed E-state index contributed by atoms with van der Waals surface area (Å²) in [7, 11) is 0. The Bertz CT molecular complexity index is 579. The third kappa shape index (κ3) is 3.43. The van der Waals surface area contributed by atoms with Crippen LogP contribution in [0.25, 0.3) is 0 Å². The van der Waals surface area contributed by atoms with Crippen molar-refractivity contribution in [1.29, 1.82) is 0 Å². The van der Waals surface area contributed by atoms with Crippen LogP contribution in [0.5, 0.6) is 0 Å². The number of halogens is 1. The molecule has 0 aliphatic carbocycles. The minimum Gasteiger partial charge on any atom is -0.392 e. The van der Waals surface area contributed by atoms with Crippen molar-refractivity contribution in [3.63, 3.8) is 0 Å². The van der Waals surface area contributed by atoms with Gasteiger partial charge < -0.3 is 15.4 Å². The zero-order valence-corrected chi connectivity index (χ0v) is 12.3. The lowest BCUT2D eigenvalue weighted by Gasteiger charge is -2.22. The first kappa shape index (κ1) is 15.5. The minimum absolute atomic E-state index is 0.00618. The van der Waals surface area contributed by atoms with Crippen molar-refractivity contribution in [2.24, 2.45) is 0 Å². The molecular weight excluding hydrogens is 298 g/mol. The van der Waals surface area contributed by atoms with E-state index in [4.69, 9.17) is 22.1 Å². The normalized spacial score (nSPS) is 19.1. The molecule has 0 spiro atoms. The minimum atomic E-state index is -0.647. The molecule has 1 aromatic rings. The van der Waals surface area contributed by atoms with Gasteiger partial charge in [0.25, 0.3) is 11.6 Å². The summed E-state index contributed by atoms with van der Waals surface area (Å²) in [5.41, 5.74) is 5.23. The lowest BCUT2D eigenvalue weighted by Crippen LogP contribution is -2.36. The summed E-state index contributed by atoms with van der Waals surface area (Å²) in [6.45, 7) is 3.45. The number of hydrogen-bond acceptors (Lipinski definition) is 5. The van der Waals surface area contributed by atoms with E-state index in [9.17, 15) is 14.9 Å². The molecule has 1 aromatic carbocycles. The monoisotopic (exact) mass is 313 g/mol. The van der Waals surface area contributed by atoms with Gasteiger partial charge in [0.15, 0.2) is 0 Å². The number of anilines is 1. The molecule has 1 fully saturated rings. The van der Waals surface area contributed by atoms with Crippen LogP contribution < -0.4 is 5.73 Å². The van der Waals surface area contributed by atoms with E-state index in [0.29, 0.717) is 19.7 Å². The molecule has 2 N–H and O–H groups in total. The SMILES string of the molecule is CC1CN(C(=O)c2cc(Cl)c(N)c([N+](=O)[O-])c2)CCCO1. The van der Waals surface area contributed by atoms with Crippen LogP contribution in [0.1, 0.15) is 23.7 Å². The highest BCUT2D eigenvalue weighted by Gasteiger charge is 2.25. The lowest BCUT2D eigenvalue weighted by atomic mass is 10.1. The van der Waals surface area contributed by atoms with E-state index >= 15 is 0 Å². The van der Waals surface area contributed by atoms with E-state index < -0.39 is 4.92 Å². The molecule has 0 saturated carbocycles. The number of nitro benzene ring substituents is 1. The molecule has 0 aromatic heterocycles. The summed E-state index contributed by atoms with van der Waals surface area (Å²) in [6.07, 6.45) is 0.650. The Morgan fingerprint density at radius 1 is 1.57 bits per heavy atom. The Kier molecular flexibility index (Phi) is 4.64. The Labute approximate surface area is 126 Å². The van der Waals surface area contributed by atoms with Crippen LogP contribution in [0.3, 0.4) is 0 Å². The van der Waals surface area contributed by atoms with Crippen molar-refractivity contribution in [3.8, 4) is 0 Å². The molecule has 1 amide bonds. The predicted molar refractivity (Wildman–Crippen MR) is 78.5 cm³/mol. The van der Waals surface area contributed by atoms with Crippen molar-refractivity contribution in [2.45, 2.75) is 19.4 Å². The predicted octanol–water partition coefficient (Wildman–Crippen LogP) is 2.08. The summed E-state index contributed by atoms with van der Waals surface area (Å²) in [4.78, 5) is 24.4. The number of amides is 1. The van der Waals surface area contributed by atoms with Crippen LogP contribution in [0.15, 0.2) is 12.1 Å². The first-order valence-electron chi connectivity index (χ1n) is 6.54. The standard InChI is InChI=1S/C13H16ClN3O4/c1-8-7-16(3-2-4-21-8)13(18)9-5-10(14)12(15)11(6-9)17(19)20/h5-6,8H,2-4,7,15H2,1H3. The molecule has 0 radical (unpaired) electrons. The topological polar surface area (TPSA) is 98.7 Å². The molecule has 1 atom stereocenters. The van der Waals surface area contributed by atoms with Gasteiger partial charge in [-0.15, -0.1) is 0 Å². The van der Waals surface area contributed by atoms with Gasteiger partial charge in [-0.05, 0) is 19.4 Å². The molecule has 1 unspecified atom stereocenters. The van der Waals surface area contributed by atoms with Crippen LogP contribution in [-0.4, -0.2) is 41.5 Å². The fourth-order valence-corrected chi connectivity index (χ4v) is 2.45. The average molecular weight is 314 g/mol. The molecule has 114 valence electrons. The Hall–Kier alpha value is -1.86. The van der Waals surface area contributed by atoms with E-state index in [0.717, 1.165) is 6.42 Å². The Morgan fingerprint density at radius 2 is 2.29 bits per heavy atom. The maximum atomic E-state index is 12.5. The van der Waals surface area contributed by atoms with Gasteiger partial charge in [0, 0.05) is 31.3 Å². The van der Waals surface area contributed by atoms with Crippen molar-refractivity contribution in [3.05, 3.63) is 32.8 Å². The van der Waals surface area contributed by atoms with Crippen LogP contribution >= 0.6 is 11.6 Å². The molecule has 2 rings (SSSR count). The van der Waals surface area contributed by atoms with Gasteiger partial charge in [-0.25, -0.2) is 0 Å². The lowest BCUT2D eigenvalue weighted by molar-refractivity contribution is -0.383. The van der Waals surface area contributed by atoms with Crippen LogP contribution in [0.2, 0.25) is 5.02 Å². The van der Waals surface area contributed by atoms with E-state index in [1.807, 2.05) is 6.92 Å². The number of benzene rings is 1. The van der Waals surface area contributed by atoms with E-state index in [1.54, 1.807) is 4.90 Å². The molecule has 1 aliphatic rings. The van der Waals surface area contributed by atoms with Gasteiger partial charge in [0.1, 0.15) is 5.69 Å². The van der Waals surface area contributed by atoms with Crippen molar-refractivity contribution in [2.75, 3.05) is 25.4 Å². The number of hydrogen-bond donors (Lipinski definition) is 1. The number of nitrogen functional groups attached to an aromatic ring is 1. The molecule has 1 aliphatic heterocycles. The van der Waals surface area contributed by atoms with Crippen LogP contribution in [-0.2, 0) is 4.74 Å². The zero-order valence-electron chi connectivity index (χ0n) is 11.5. The Balaban J connectivity index is 2.32. The maximum Gasteiger partial charge on any atom is 0.294 e. The fourth-order valence-electron chi connectivity index (χ4n) is 2.24. The van der Waals surface area contributed by atoms with Crippen LogP contribution in [0.4, 0.5) is 11.4 Å². The van der Waals surface area contributed by atoms with Gasteiger partial charge in [-0.2, -0.15) is 0 Å². The van der Waals surface area contributed by atoms with Gasteiger partial charge in [-0.3, -0.25) is 14.9 Å². The van der Waals surface area contributed by atoms with Gasteiger partial charge >= 0.3 is 0 Å². The summed E-state index contributed by atoms with van der Waals surface area (Å²) in [6, 6.07) is 2.53. The van der Waals surface area contributed by atoms with Crippen molar-refractivity contribution in [1.82, 2.24) is 4.90 Å². The molecule has 21 heavy (non-hydrogen) atoms. The van der Waals surface area contributed by atoms with Crippen molar-refractivity contribution >= 4 is 28.9 Å². The van der Waals surface area contributed by atoms with Crippen LogP contribution in [0, 0.1) is 10.1 Å². The third-order valence-corrected chi connectivity index (χ3v) is 3.60. The van der Waals surface area contributed by atoms with Gasteiger partial charge in [0.2, 0.25) is 0 Å². The smallest absolute Gasteiger partial charge is 0.294 e. The molecular formula is C13H16ClN3O4. The second-order valence-corrected chi connectivity index (χ2v) is 5.34. The first-order chi connectivity index (χ1) is 9.90. The largest absolute Gasteiger partial charge is 0.392 e. The third-order valence-electron chi connectivity index (χ3n) is 3.29. The number of ether oxygens (including phenoxy) is 1. The zero-order chi connectivity index (χ0) is 15.6. The first-order valence-corrected chi connectivity index (χ1v) is 6.92. The molecule has 0 bridgehead atoms.